The molecule has 0 saturated carbocycles. The van der Waals surface area contributed by atoms with Gasteiger partial charge in [-0.25, -0.2) is 8.42 Å². The van der Waals surface area contributed by atoms with Gasteiger partial charge in [-0.15, -0.1) is 0 Å². The van der Waals surface area contributed by atoms with Crippen molar-refractivity contribution in [2.75, 3.05) is 26.3 Å². The van der Waals surface area contributed by atoms with Crippen LogP contribution >= 0.6 is 0 Å². The second-order valence-corrected chi connectivity index (χ2v) is 8.94. The number of sulfonamides is 1. The molecule has 7 nitrogen and oxygen atoms in total. The number of carbonyl (C=O) groups excluding carboxylic acids is 1. The van der Waals surface area contributed by atoms with Gasteiger partial charge >= 0.3 is 0 Å². The van der Waals surface area contributed by atoms with Crippen LogP contribution in [0.5, 0.6) is 5.75 Å². The average molecular weight is 419 g/mol. The lowest BCUT2D eigenvalue weighted by Crippen LogP contribution is -2.40. The molecule has 0 atom stereocenters. The quantitative estimate of drug-likeness (QED) is 0.747. The van der Waals surface area contributed by atoms with E-state index < -0.39 is 10.0 Å². The molecule has 0 unspecified atom stereocenters. The maximum absolute atomic E-state index is 12.7. The first-order valence-corrected chi connectivity index (χ1v) is 11.0. The van der Waals surface area contributed by atoms with Crippen LogP contribution in [-0.4, -0.2) is 51.0 Å². The number of amides is 1. The molecule has 0 bridgehead atoms. The van der Waals surface area contributed by atoms with Crippen LogP contribution in [-0.2, 0) is 21.3 Å². The lowest BCUT2D eigenvalue weighted by atomic mass is 10.1. The van der Waals surface area contributed by atoms with Crippen LogP contribution in [0.3, 0.4) is 0 Å². The number of para-hydroxylation sites is 1. The molecule has 8 heteroatoms. The highest BCUT2D eigenvalue weighted by Crippen LogP contribution is 2.20. The molecule has 1 heterocycles. The summed E-state index contributed by atoms with van der Waals surface area (Å²) in [5.41, 5.74) is 1.27. The highest BCUT2D eigenvalue weighted by molar-refractivity contribution is 7.89. The molecular weight excluding hydrogens is 392 g/mol. The number of nitrogens with one attached hydrogen (secondary N) is 1. The van der Waals surface area contributed by atoms with Crippen molar-refractivity contribution in [2.45, 2.75) is 31.4 Å². The van der Waals surface area contributed by atoms with E-state index in [9.17, 15) is 13.2 Å². The minimum Gasteiger partial charge on any atom is -0.491 e. The van der Waals surface area contributed by atoms with Gasteiger partial charge in [-0.3, -0.25) is 4.79 Å². The van der Waals surface area contributed by atoms with E-state index >= 15 is 0 Å². The van der Waals surface area contributed by atoms with E-state index in [0.29, 0.717) is 38.4 Å². The van der Waals surface area contributed by atoms with Gasteiger partial charge in [0.25, 0.3) is 5.91 Å². The maximum atomic E-state index is 12.7. The molecule has 1 aliphatic rings. The van der Waals surface area contributed by atoms with Crippen molar-refractivity contribution in [2.24, 2.45) is 0 Å². The number of ether oxygens (including phenoxy) is 2. The first-order chi connectivity index (χ1) is 13.9. The molecule has 0 aliphatic carbocycles. The summed E-state index contributed by atoms with van der Waals surface area (Å²) in [4.78, 5) is 12.7. The first kappa shape index (κ1) is 21.3. The first-order valence-electron chi connectivity index (χ1n) is 9.58. The van der Waals surface area contributed by atoms with Crippen LogP contribution in [0.1, 0.15) is 29.8 Å². The van der Waals surface area contributed by atoms with Crippen LogP contribution in [0, 0.1) is 0 Å². The Morgan fingerprint density at radius 2 is 1.76 bits per heavy atom. The van der Waals surface area contributed by atoms with Gasteiger partial charge in [0.2, 0.25) is 10.0 Å². The minimum absolute atomic E-state index is 0.0350. The second-order valence-electron chi connectivity index (χ2n) is 7.00. The summed E-state index contributed by atoms with van der Waals surface area (Å²) in [6.45, 7) is 5.66. The molecular formula is C21H26N2O5S. The monoisotopic (exact) mass is 418 g/mol. The van der Waals surface area contributed by atoms with Crippen molar-refractivity contribution >= 4 is 15.9 Å². The fourth-order valence-electron chi connectivity index (χ4n) is 3.01. The lowest BCUT2D eigenvalue weighted by molar-refractivity contribution is 0.0730. The number of nitrogens with zero attached hydrogens (tertiary/aromatic N) is 1. The van der Waals surface area contributed by atoms with Gasteiger partial charge in [0, 0.05) is 30.8 Å². The molecule has 2 aromatic carbocycles. The normalized spacial score (nSPS) is 15.3. The number of rotatable bonds is 7. The van der Waals surface area contributed by atoms with Gasteiger partial charge in [0.05, 0.1) is 24.2 Å². The molecule has 0 aromatic heterocycles. The largest absolute Gasteiger partial charge is 0.491 e. The highest BCUT2D eigenvalue weighted by Gasteiger charge is 2.26. The van der Waals surface area contributed by atoms with Crippen LogP contribution < -0.4 is 10.1 Å². The molecule has 3 rings (SSSR count). The highest BCUT2D eigenvalue weighted by atomic mass is 32.2. The number of morpholine rings is 1. The summed E-state index contributed by atoms with van der Waals surface area (Å²) in [5, 5.41) is 2.86. The molecule has 0 spiro atoms. The Bertz CT molecular complexity index is 936. The summed E-state index contributed by atoms with van der Waals surface area (Å²) in [6, 6.07) is 13.5. The van der Waals surface area contributed by atoms with E-state index in [1.54, 1.807) is 0 Å². The predicted molar refractivity (Wildman–Crippen MR) is 109 cm³/mol. The summed E-state index contributed by atoms with van der Waals surface area (Å²) >= 11 is 0. The van der Waals surface area contributed by atoms with Crippen LogP contribution in [0.4, 0.5) is 0 Å². The van der Waals surface area contributed by atoms with E-state index in [1.807, 2.05) is 38.1 Å². The van der Waals surface area contributed by atoms with E-state index in [2.05, 4.69) is 5.32 Å². The Balaban J connectivity index is 1.65. The van der Waals surface area contributed by atoms with Crippen molar-refractivity contribution < 1.29 is 22.7 Å². The van der Waals surface area contributed by atoms with Gasteiger partial charge in [-0.1, -0.05) is 18.2 Å². The maximum Gasteiger partial charge on any atom is 0.251 e. The number of benzene rings is 2. The van der Waals surface area contributed by atoms with Gasteiger partial charge in [-0.2, -0.15) is 4.31 Å². The predicted octanol–water partition coefficient (Wildman–Crippen LogP) is 2.42. The average Bonchev–Trinajstić information content (AvgIpc) is 2.73. The number of carbonyl (C=O) groups is 1. The zero-order chi connectivity index (χ0) is 20.9. The van der Waals surface area contributed by atoms with Crippen molar-refractivity contribution in [3.05, 3.63) is 59.7 Å². The van der Waals surface area contributed by atoms with E-state index in [-0.39, 0.29) is 16.9 Å². The molecule has 1 fully saturated rings. The van der Waals surface area contributed by atoms with Crippen LogP contribution in [0.2, 0.25) is 0 Å². The molecule has 1 aliphatic heterocycles. The van der Waals surface area contributed by atoms with Crippen molar-refractivity contribution in [1.29, 1.82) is 0 Å². The zero-order valence-corrected chi connectivity index (χ0v) is 17.4. The summed E-state index contributed by atoms with van der Waals surface area (Å²) < 4.78 is 37.7. The van der Waals surface area contributed by atoms with Gasteiger partial charge < -0.3 is 14.8 Å². The van der Waals surface area contributed by atoms with Gasteiger partial charge in [0.15, 0.2) is 0 Å². The SMILES string of the molecule is CC(C)Oc1ccccc1CNC(=O)c1ccc(S(=O)(=O)N2CCOCC2)cc1. The summed E-state index contributed by atoms with van der Waals surface area (Å²) in [5.74, 6) is 0.453. The zero-order valence-electron chi connectivity index (χ0n) is 16.6. The van der Waals surface area contributed by atoms with Crippen molar-refractivity contribution in [3.63, 3.8) is 0 Å². The summed E-state index contributed by atoms with van der Waals surface area (Å²) in [6.07, 6.45) is 0.0350. The Kier molecular flexibility index (Phi) is 6.89. The lowest BCUT2D eigenvalue weighted by Gasteiger charge is -2.26. The Labute approximate surface area is 171 Å². The number of hydrogen-bond acceptors (Lipinski definition) is 5. The molecule has 1 N–H and O–H groups in total. The molecule has 0 radical (unpaired) electrons. The fourth-order valence-corrected chi connectivity index (χ4v) is 4.42. The van der Waals surface area contributed by atoms with E-state index in [1.165, 1.54) is 28.6 Å². The summed E-state index contributed by atoms with van der Waals surface area (Å²) in [7, 11) is -3.57. The minimum atomic E-state index is -3.57. The Hall–Kier alpha value is -2.42. The van der Waals surface area contributed by atoms with Crippen LogP contribution in [0.15, 0.2) is 53.4 Å². The fraction of sp³-hybridized carbons (Fsp3) is 0.381. The smallest absolute Gasteiger partial charge is 0.251 e. The third kappa shape index (κ3) is 5.35. The van der Waals surface area contributed by atoms with Gasteiger partial charge in [0.1, 0.15) is 5.75 Å². The number of hydrogen-bond donors (Lipinski definition) is 1. The molecule has 29 heavy (non-hydrogen) atoms. The Morgan fingerprint density at radius 1 is 1.10 bits per heavy atom. The Morgan fingerprint density at radius 3 is 2.41 bits per heavy atom. The third-order valence-corrected chi connectivity index (χ3v) is 6.41. The molecule has 156 valence electrons. The van der Waals surface area contributed by atoms with Crippen molar-refractivity contribution in [1.82, 2.24) is 9.62 Å². The third-order valence-electron chi connectivity index (χ3n) is 4.50. The second kappa shape index (κ2) is 9.39. The topological polar surface area (TPSA) is 84.9 Å². The van der Waals surface area contributed by atoms with Crippen molar-refractivity contribution in [3.8, 4) is 5.75 Å². The molecule has 2 aromatic rings. The standard InChI is InChI=1S/C21H26N2O5S/c1-16(2)28-20-6-4-3-5-18(20)15-22-21(24)17-7-9-19(10-8-17)29(25,26)23-11-13-27-14-12-23/h3-10,16H,11-15H2,1-2H3,(H,22,24). The van der Waals surface area contributed by atoms with E-state index in [4.69, 9.17) is 9.47 Å². The van der Waals surface area contributed by atoms with Crippen LogP contribution in [0.25, 0.3) is 0 Å². The van der Waals surface area contributed by atoms with E-state index in [0.717, 1.165) is 11.3 Å². The molecule has 1 amide bonds. The van der Waals surface area contributed by atoms with Gasteiger partial charge in [-0.05, 0) is 44.2 Å². The molecule has 1 saturated heterocycles.